The quantitative estimate of drug-likeness (QED) is 0.612. The number of esters is 2. The highest BCUT2D eigenvalue weighted by Crippen LogP contribution is 2.21. The topological polar surface area (TPSA) is 74.2 Å². The lowest BCUT2D eigenvalue weighted by atomic mass is 10.1. The molecule has 1 aliphatic heterocycles. The van der Waals surface area contributed by atoms with Crippen molar-refractivity contribution in [2.24, 2.45) is 4.99 Å². The normalized spacial score (nSPS) is 14.8. The highest BCUT2D eigenvalue weighted by molar-refractivity contribution is 6.12. The van der Waals surface area contributed by atoms with Crippen molar-refractivity contribution in [1.82, 2.24) is 0 Å². The van der Waals surface area contributed by atoms with E-state index in [1.165, 1.54) is 7.11 Å². The van der Waals surface area contributed by atoms with Crippen molar-refractivity contribution in [1.29, 1.82) is 0 Å². The van der Waals surface area contributed by atoms with Crippen molar-refractivity contribution in [2.45, 2.75) is 6.92 Å². The Morgan fingerprint density at radius 2 is 1.81 bits per heavy atom. The van der Waals surface area contributed by atoms with Crippen molar-refractivity contribution >= 4 is 23.9 Å². The van der Waals surface area contributed by atoms with Gasteiger partial charge < -0.3 is 14.2 Å². The van der Waals surface area contributed by atoms with Crippen LogP contribution in [0.15, 0.2) is 59.2 Å². The van der Waals surface area contributed by atoms with Gasteiger partial charge in [0.15, 0.2) is 12.3 Å². The van der Waals surface area contributed by atoms with Gasteiger partial charge in [-0.15, -0.1) is 0 Å². The fraction of sp³-hybridized carbons (Fsp3) is 0.150. The van der Waals surface area contributed by atoms with E-state index in [2.05, 4.69) is 9.73 Å². The molecular weight excluding hydrogens is 334 g/mol. The summed E-state index contributed by atoms with van der Waals surface area (Å²) >= 11 is 0. The van der Waals surface area contributed by atoms with E-state index in [0.29, 0.717) is 11.6 Å². The van der Waals surface area contributed by atoms with Crippen LogP contribution in [0.3, 0.4) is 0 Å². The summed E-state index contributed by atoms with van der Waals surface area (Å²) < 4.78 is 15.0. The molecular formula is C20H17NO5. The second kappa shape index (κ2) is 7.65. The lowest BCUT2D eigenvalue weighted by molar-refractivity contribution is -0.143. The van der Waals surface area contributed by atoms with Gasteiger partial charge in [-0.1, -0.05) is 29.8 Å². The minimum Gasteiger partial charge on any atom is -0.482 e. The first-order valence-electron chi connectivity index (χ1n) is 7.94. The number of aryl methyl sites for hydroxylation is 1. The third-order valence-corrected chi connectivity index (χ3v) is 3.69. The second-order valence-corrected chi connectivity index (χ2v) is 5.64. The third-order valence-electron chi connectivity index (χ3n) is 3.69. The number of benzene rings is 2. The monoisotopic (exact) mass is 351 g/mol. The van der Waals surface area contributed by atoms with E-state index in [1.54, 1.807) is 30.3 Å². The number of rotatable bonds is 5. The van der Waals surface area contributed by atoms with E-state index in [0.717, 1.165) is 16.7 Å². The molecule has 0 bridgehead atoms. The molecule has 2 aromatic carbocycles. The van der Waals surface area contributed by atoms with Crippen molar-refractivity contribution < 1.29 is 23.8 Å². The SMILES string of the molecule is COC(=O)COc1ccc(/C=C2\N=C(c3ccc(C)cc3)OC2=O)cc1. The third kappa shape index (κ3) is 4.16. The molecule has 0 aromatic heterocycles. The number of aliphatic imine (C=N–C) groups is 1. The van der Waals surface area contributed by atoms with Crippen LogP contribution in [0.4, 0.5) is 0 Å². The van der Waals surface area contributed by atoms with E-state index >= 15 is 0 Å². The van der Waals surface area contributed by atoms with Crippen LogP contribution >= 0.6 is 0 Å². The molecule has 0 fully saturated rings. The highest BCUT2D eigenvalue weighted by Gasteiger charge is 2.23. The molecule has 1 heterocycles. The summed E-state index contributed by atoms with van der Waals surface area (Å²) in [7, 11) is 1.30. The van der Waals surface area contributed by atoms with Crippen LogP contribution in [0.1, 0.15) is 16.7 Å². The second-order valence-electron chi connectivity index (χ2n) is 5.64. The van der Waals surface area contributed by atoms with Gasteiger partial charge in [-0.25, -0.2) is 14.6 Å². The van der Waals surface area contributed by atoms with E-state index in [-0.39, 0.29) is 12.3 Å². The Bertz CT molecular complexity index is 879. The molecule has 0 amide bonds. The van der Waals surface area contributed by atoms with E-state index in [9.17, 15) is 9.59 Å². The molecule has 0 spiro atoms. The summed E-state index contributed by atoms with van der Waals surface area (Å²) in [5.74, 6) is -0.135. The van der Waals surface area contributed by atoms with Gasteiger partial charge in [0.25, 0.3) is 0 Å². The molecule has 0 radical (unpaired) electrons. The van der Waals surface area contributed by atoms with Gasteiger partial charge in [-0.05, 0) is 42.8 Å². The molecule has 6 nitrogen and oxygen atoms in total. The number of cyclic esters (lactones) is 1. The number of carbonyl (C=O) groups excluding carboxylic acids is 2. The Hall–Kier alpha value is -3.41. The highest BCUT2D eigenvalue weighted by atomic mass is 16.6. The fourth-order valence-electron chi connectivity index (χ4n) is 2.25. The van der Waals surface area contributed by atoms with Crippen molar-refractivity contribution in [2.75, 3.05) is 13.7 Å². The average molecular weight is 351 g/mol. The zero-order chi connectivity index (χ0) is 18.5. The van der Waals surface area contributed by atoms with Gasteiger partial charge in [0, 0.05) is 5.56 Å². The largest absolute Gasteiger partial charge is 0.482 e. The average Bonchev–Trinajstić information content (AvgIpc) is 3.02. The van der Waals surface area contributed by atoms with Crippen LogP contribution in [0.5, 0.6) is 5.75 Å². The first-order chi connectivity index (χ1) is 12.5. The smallest absolute Gasteiger partial charge is 0.363 e. The summed E-state index contributed by atoms with van der Waals surface area (Å²) in [4.78, 5) is 27.4. The fourth-order valence-corrected chi connectivity index (χ4v) is 2.25. The van der Waals surface area contributed by atoms with Crippen molar-refractivity contribution in [3.05, 3.63) is 70.9 Å². The van der Waals surface area contributed by atoms with Gasteiger partial charge in [-0.3, -0.25) is 0 Å². The molecule has 6 heteroatoms. The molecule has 26 heavy (non-hydrogen) atoms. The van der Waals surface area contributed by atoms with Crippen LogP contribution in [-0.2, 0) is 19.1 Å². The molecule has 0 saturated heterocycles. The lowest BCUT2D eigenvalue weighted by Gasteiger charge is -2.04. The number of methoxy groups -OCH3 is 1. The van der Waals surface area contributed by atoms with Crippen LogP contribution in [0, 0.1) is 6.92 Å². The molecule has 0 unspecified atom stereocenters. The van der Waals surface area contributed by atoms with E-state index in [4.69, 9.17) is 9.47 Å². The first-order valence-corrected chi connectivity index (χ1v) is 7.94. The number of hydrogen-bond acceptors (Lipinski definition) is 6. The number of carbonyl (C=O) groups is 2. The summed E-state index contributed by atoms with van der Waals surface area (Å²) in [6, 6.07) is 14.5. The Balaban J connectivity index is 1.73. The van der Waals surface area contributed by atoms with Crippen LogP contribution in [0.2, 0.25) is 0 Å². The Morgan fingerprint density at radius 3 is 2.46 bits per heavy atom. The van der Waals surface area contributed by atoms with Gasteiger partial charge >= 0.3 is 11.9 Å². The Morgan fingerprint density at radius 1 is 1.12 bits per heavy atom. The maximum absolute atomic E-state index is 12.0. The number of hydrogen-bond donors (Lipinski definition) is 0. The van der Waals surface area contributed by atoms with Crippen molar-refractivity contribution in [3.8, 4) is 5.75 Å². The minimum absolute atomic E-state index is 0.159. The lowest BCUT2D eigenvalue weighted by Crippen LogP contribution is -2.12. The van der Waals surface area contributed by atoms with Crippen LogP contribution < -0.4 is 4.74 Å². The molecule has 132 valence electrons. The maximum atomic E-state index is 12.0. The van der Waals surface area contributed by atoms with Gasteiger partial charge in [0.05, 0.1) is 7.11 Å². The van der Waals surface area contributed by atoms with Crippen LogP contribution in [-0.4, -0.2) is 31.6 Å². The Kier molecular flexibility index (Phi) is 5.12. The Labute approximate surface area is 150 Å². The summed E-state index contributed by atoms with van der Waals surface area (Å²) in [6.07, 6.45) is 1.63. The minimum atomic E-state index is -0.494. The van der Waals surface area contributed by atoms with E-state index < -0.39 is 11.9 Å². The number of ether oxygens (including phenoxy) is 3. The molecule has 2 aromatic rings. The summed E-state index contributed by atoms with van der Waals surface area (Å²) in [5.41, 5.74) is 2.85. The molecule has 0 aliphatic carbocycles. The van der Waals surface area contributed by atoms with Gasteiger partial charge in [0.1, 0.15) is 5.75 Å². The standard InChI is InChI=1S/C20H17NO5/c1-13-3-7-15(8-4-13)19-21-17(20(23)26-19)11-14-5-9-16(10-6-14)25-12-18(22)24-2/h3-11H,12H2,1-2H3/b17-11-. The zero-order valence-corrected chi connectivity index (χ0v) is 14.4. The summed E-state index contributed by atoms with van der Waals surface area (Å²) in [5, 5.41) is 0. The van der Waals surface area contributed by atoms with E-state index in [1.807, 2.05) is 31.2 Å². The predicted octanol–water partition coefficient (Wildman–Crippen LogP) is 2.89. The maximum Gasteiger partial charge on any atom is 0.363 e. The first kappa shape index (κ1) is 17.4. The van der Waals surface area contributed by atoms with Gasteiger partial charge in [0.2, 0.25) is 5.90 Å². The molecule has 3 rings (SSSR count). The summed E-state index contributed by atoms with van der Waals surface area (Å²) in [6.45, 7) is 1.82. The van der Waals surface area contributed by atoms with Gasteiger partial charge in [-0.2, -0.15) is 0 Å². The molecule has 0 saturated carbocycles. The van der Waals surface area contributed by atoms with Crippen molar-refractivity contribution in [3.63, 3.8) is 0 Å². The number of nitrogens with zero attached hydrogens (tertiary/aromatic N) is 1. The molecule has 0 atom stereocenters. The molecule has 0 N–H and O–H groups in total. The predicted molar refractivity (Wildman–Crippen MR) is 95.7 cm³/mol. The molecule has 1 aliphatic rings. The van der Waals surface area contributed by atoms with Crippen LogP contribution in [0.25, 0.3) is 6.08 Å². The zero-order valence-electron chi connectivity index (χ0n) is 14.4.